The Hall–Kier alpha value is -3.28. The number of sulfone groups is 1. The molecule has 1 N–H and O–H groups in total. The van der Waals surface area contributed by atoms with E-state index < -0.39 is 9.84 Å². The van der Waals surface area contributed by atoms with Crippen LogP contribution < -0.4 is 5.32 Å². The number of carbonyl (C=O) groups excluding carboxylic acids is 1. The van der Waals surface area contributed by atoms with E-state index in [9.17, 15) is 13.2 Å². The largest absolute Gasteiger partial charge is 0.349 e. The van der Waals surface area contributed by atoms with Gasteiger partial charge < -0.3 is 5.32 Å². The van der Waals surface area contributed by atoms with E-state index in [-0.39, 0.29) is 17.4 Å². The molecule has 0 bridgehead atoms. The molecule has 0 unspecified atom stereocenters. The zero-order chi connectivity index (χ0) is 25.1. The summed E-state index contributed by atoms with van der Waals surface area (Å²) in [7, 11) is -2.91. The van der Waals surface area contributed by atoms with Gasteiger partial charge >= 0.3 is 0 Å². The number of nitrogens with zero attached hydrogens (tertiary/aromatic N) is 6. The molecule has 188 valence electrons. The predicted molar refractivity (Wildman–Crippen MR) is 137 cm³/mol. The van der Waals surface area contributed by atoms with Gasteiger partial charge in [0, 0.05) is 42.8 Å². The third-order valence-corrected chi connectivity index (χ3v) is 8.01. The average Bonchev–Trinajstić information content (AvgIpc) is 3.46. The first-order chi connectivity index (χ1) is 17.4. The molecule has 10 nitrogen and oxygen atoms in total. The minimum absolute atomic E-state index is 0.178. The summed E-state index contributed by atoms with van der Waals surface area (Å²) < 4.78 is 26.7. The molecule has 1 aliphatic heterocycles. The lowest BCUT2D eigenvalue weighted by atomic mass is 10.2. The topological polar surface area (TPSA) is 115 Å². The van der Waals surface area contributed by atoms with Gasteiger partial charge in [-0.1, -0.05) is 47.1 Å². The Morgan fingerprint density at radius 3 is 2.56 bits per heavy atom. The average molecular weight is 528 g/mol. The van der Waals surface area contributed by atoms with Crippen molar-refractivity contribution in [1.29, 1.82) is 0 Å². The summed E-state index contributed by atoms with van der Waals surface area (Å²) in [6.45, 7) is 2.90. The summed E-state index contributed by atoms with van der Waals surface area (Å²) in [5, 5.41) is 17.3. The van der Waals surface area contributed by atoms with Crippen molar-refractivity contribution >= 4 is 38.2 Å². The molecular formula is C24H26ClN7O3S. The smallest absolute Gasteiger partial charge is 0.272 e. The van der Waals surface area contributed by atoms with Crippen LogP contribution in [0.3, 0.4) is 0 Å². The van der Waals surface area contributed by atoms with E-state index in [0.717, 1.165) is 22.2 Å². The lowest BCUT2D eigenvalue weighted by Crippen LogP contribution is -2.39. The second-order valence-corrected chi connectivity index (χ2v) is 11.5. The molecule has 0 radical (unpaired) electrons. The fraction of sp³-hybridized carbons (Fsp3) is 0.333. The first-order valence-electron chi connectivity index (χ1n) is 11.7. The fourth-order valence-electron chi connectivity index (χ4n) is 4.20. The molecule has 2 aromatic carbocycles. The van der Waals surface area contributed by atoms with Gasteiger partial charge in [-0.2, -0.15) is 5.10 Å². The molecular weight excluding hydrogens is 502 g/mol. The highest BCUT2D eigenvalue weighted by atomic mass is 35.5. The van der Waals surface area contributed by atoms with E-state index in [4.69, 9.17) is 11.6 Å². The minimum atomic E-state index is -2.91. The summed E-state index contributed by atoms with van der Waals surface area (Å²) in [6.07, 6.45) is 1.82. The lowest BCUT2D eigenvalue weighted by molar-refractivity contribution is 0.0947. The van der Waals surface area contributed by atoms with E-state index in [2.05, 4.69) is 25.6 Å². The quantitative estimate of drug-likeness (QED) is 0.372. The van der Waals surface area contributed by atoms with Gasteiger partial charge in [0.2, 0.25) is 0 Å². The van der Waals surface area contributed by atoms with E-state index in [1.165, 1.54) is 0 Å². The first-order valence-corrected chi connectivity index (χ1v) is 13.9. The van der Waals surface area contributed by atoms with Crippen molar-refractivity contribution in [2.75, 3.05) is 31.1 Å². The number of halogens is 1. The number of fused-ring (bicyclic) bond motifs is 1. The Labute approximate surface area is 213 Å². The number of amides is 1. The number of nitrogens with one attached hydrogen (secondary N) is 1. The molecule has 2 aromatic heterocycles. The molecule has 0 spiro atoms. The van der Waals surface area contributed by atoms with E-state index in [1.807, 2.05) is 59.4 Å². The normalized spacial score (nSPS) is 15.8. The monoisotopic (exact) mass is 527 g/mol. The van der Waals surface area contributed by atoms with E-state index >= 15 is 0 Å². The molecule has 0 saturated carbocycles. The summed E-state index contributed by atoms with van der Waals surface area (Å²) in [6, 6.07) is 15.2. The number of hydrogen-bond donors (Lipinski definition) is 1. The highest BCUT2D eigenvalue weighted by Gasteiger charge is 2.22. The number of rotatable bonds is 8. The standard InChI is InChI=1S/C24H26ClN7O3S/c25-19-7-5-18(6-8-19)15-32-22-4-2-1-3-21(22)23(28-32)24(33)26-9-10-31-17-20(27-29-31)16-30-11-13-36(34,35)14-12-30/h1-8,17H,9-16H2,(H,26,33). The Morgan fingerprint density at radius 1 is 1.03 bits per heavy atom. The highest BCUT2D eigenvalue weighted by molar-refractivity contribution is 7.91. The van der Waals surface area contributed by atoms with Gasteiger partial charge in [-0.3, -0.25) is 19.1 Å². The first kappa shape index (κ1) is 24.4. The maximum Gasteiger partial charge on any atom is 0.272 e. The summed E-state index contributed by atoms with van der Waals surface area (Å²) in [5.41, 5.74) is 3.06. The van der Waals surface area contributed by atoms with Crippen LogP contribution in [0.25, 0.3) is 10.9 Å². The van der Waals surface area contributed by atoms with Gasteiger partial charge in [-0.15, -0.1) is 5.10 Å². The molecule has 5 rings (SSSR count). The van der Waals surface area contributed by atoms with Crippen LogP contribution in [0.5, 0.6) is 0 Å². The molecule has 1 fully saturated rings. The van der Waals surface area contributed by atoms with Crippen molar-refractivity contribution < 1.29 is 13.2 Å². The Kier molecular flexibility index (Phi) is 7.04. The maximum atomic E-state index is 13.0. The van der Waals surface area contributed by atoms with Crippen LogP contribution in [0.4, 0.5) is 0 Å². The number of aromatic nitrogens is 5. The summed E-state index contributed by atoms with van der Waals surface area (Å²) in [4.78, 5) is 15.0. The van der Waals surface area contributed by atoms with Gasteiger partial charge in [-0.25, -0.2) is 8.42 Å². The van der Waals surface area contributed by atoms with Crippen molar-refractivity contribution in [1.82, 2.24) is 35.0 Å². The van der Waals surface area contributed by atoms with Gasteiger partial charge in [0.25, 0.3) is 5.91 Å². The maximum absolute atomic E-state index is 13.0. The van der Waals surface area contributed by atoms with Crippen molar-refractivity contribution in [2.24, 2.45) is 0 Å². The predicted octanol–water partition coefficient (Wildman–Crippen LogP) is 1.99. The molecule has 12 heteroatoms. The number of carbonyl (C=O) groups is 1. The highest BCUT2D eigenvalue weighted by Crippen LogP contribution is 2.20. The van der Waals surface area contributed by atoms with Gasteiger partial charge in [0.05, 0.1) is 35.8 Å². The Balaban J connectivity index is 1.19. The van der Waals surface area contributed by atoms with Gasteiger partial charge in [0.15, 0.2) is 15.5 Å². The molecule has 3 heterocycles. The number of para-hydroxylation sites is 1. The van der Waals surface area contributed by atoms with Gasteiger partial charge in [-0.05, 0) is 23.8 Å². The SMILES string of the molecule is O=C(NCCn1cc(CN2CCS(=O)(=O)CC2)nn1)c1nn(Cc2ccc(Cl)cc2)c2ccccc12. The third kappa shape index (κ3) is 5.75. The van der Waals surface area contributed by atoms with Crippen LogP contribution in [0.15, 0.2) is 54.7 Å². The molecule has 4 aromatic rings. The Bertz CT molecular complexity index is 1470. The van der Waals surface area contributed by atoms with Crippen molar-refractivity contribution in [3.63, 3.8) is 0 Å². The van der Waals surface area contributed by atoms with Crippen molar-refractivity contribution in [3.05, 3.63) is 76.7 Å². The molecule has 1 aliphatic rings. The van der Waals surface area contributed by atoms with Crippen molar-refractivity contribution in [3.8, 4) is 0 Å². The summed E-state index contributed by atoms with van der Waals surface area (Å²) >= 11 is 6.00. The molecule has 1 saturated heterocycles. The van der Waals surface area contributed by atoms with Crippen LogP contribution in [0.1, 0.15) is 21.7 Å². The van der Waals surface area contributed by atoms with Crippen LogP contribution in [0, 0.1) is 0 Å². The number of benzene rings is 2. The van der Waals surface area contributed by atoms with Gasteiger partial charge in [0.1, 0.15) is 0 Å². The van der Waals surface area contributed by atoms with Crippen LogP contribution in [0.2, 0.25) is 5.02 Å². The summed E-state index contributed by atoms with van der Waals surface area (Å²) in [5.74, 6) is 0.102. The second-order valence-electron chi connectivity index (χ2n) is 8.81. The van der Waals surface area contributed by atoms with E-state index in [0.29, 0.717) is 50.0 Å². The lowest BCUT2D eigenvalue weighted by Gasteiger charge is -2.25. The molecule has 0 atom stereocenters. The van der Waals surface area contributed by atoms with Crippen LogP contribution in [-0.2, 0) is 29.5 Å². The minimum Gasteiger partial charge on any atom is -0.349 e. The Morgan fingerprint density at radius 2 is 1.78 bits per heavy atom. The van der Waals surface area contributed by atoms with Crippen LogP contribution in [-0.4, -0.2) is 75.1 Å². The molecule has 1 amide bonds. The molecule has 36 heavy (non-hydrogen) atoms. The fourth-order valence-corrected chi connectivity index (χ4v) is 5.61. The van der Waals surface area contributed by atoms with E-state index in [1.54, 1.807) is 4.68 Å². The zero-order valence-electron chi connectivity index (χ0n) is 19.5. The molecule has 0 aliphatic carbocycles. The zero-order valence-corrected chi connectivity index (χ0v) is 21.1. The number of hydrogen-bond acceptors (Lipinski definition) is 7. The second kappa shape index (κ2) is 10.4. The van der Waals surface area contributed by atoms with Crippen molar-refractivity contribution in [2.45, 2.75) is 19.6 Å². The third-order valence-electron chi connectivity index (χ3n) is 6.15. The van der Waals surface area contributed by atoms with Crippen LogP contribution >= 0.6 is 11.6 Å².